The Morgan fingerprint density at radius 3 is 2.36 bits per heavy atom. The van der Waals surface area contributed by atoms with E-state index in [1.807, 2.05) is 86.6 Å². The number of aryl methyl sites for hydroxylation is 2. The van der Waals surface area contributed by atoms with Crippen LogP contribution in [0.3, 0.4) is 0 Å². The van der Waals surface area contributed by atoms with Gasteiger partial charge in [-0.1, -0.05) is 89.4 Å². The highest BCUT2D eigenvalue weighted by molar-refractivity contribution is 9.10. The SMILES string of the molecule is CCCCNC(=O)[C@@H](Cc1ccccc1)N(Cc1ccc(C)cc1)C(=O)COc1ccc(Br)c(C)c1. The lowest BCUT2D eigenvalue weighted by atomic mass is 10.0. The van der Waals surface area contributed by atoms with Crippen molar-refractivity contribution in [1.82, 2.24) is 10.2 Å². The standard InChI is InChI=1S/C30H35BrN2O3/c1-4-5-17-32-30(35)28(19-24-9-7-6-8-10-24)33(20-25-13-11-22(2)12-14-25)29(34)21-36-26-15-16-27(31)23(3)18-26/h6-16,18,28H,4-5,17,19-21H2,1-3H3,(H,32,35)/t28-/m1/s1. The van der Waals surface area contributed by atoms with Gasteiger partial charge in [0.1, 0.15) is 11.8 Å². The van der Waals surface area contributed by atoms with E-state index < -0.39 is 6.04 Å². The summed E-state index contributed by atoms with van der Waals surface area (Å²) in [5.74, 6) is 0.237. The van der Waals surface area contributed by atoms with Gasteiger partial charge in [0, 0.05) is 24.0 Å². The number of amides is 2. The van der Waals surface area contributed by atoms with Gasteiger partial charge in [0.05, 0.1) is 0 Å². The van der Waals surface area contributed by atoms with Gasteiger partial charge in [0.25, 0.3) is 5.91 Å². The fraction of sp³-hybridized carbons (Fsp3) is 0.333. The Balaban J connectivity index is 1.88. The van der Waals surface area contributed by atoms with Crippen molar-refractivity contribution in [2.45, 2.75) is 52.6 Å². The van der Waals surface area contributed by atoms with Gasteiger partial charge >= 0.3 is 0 Å². The van der Waals surface area contributed by atoms with Crippen LogP contribution in [0.25, 0.3) is 0 Å². The molecule has 3 rings (SSSR count). The minimum absolute atomic E-state index is 0.146. The van der Waals surface area contributed by atoms with Crippen LogP contribution in [0, 0.1) is 13.8 Å². The molecule has 5 nitrogen and oxygen atoms in total. The number of nitrogens with one attached hydrogen (secondary N) is 1. The summed E-state index contributed by atoms with van der Waals surface area (Å²) in [7, 11) is 0. The minimum atomic E-state index is -0.659. The van der Waals surface area contributed by atoms with Gasteiger partial charge in [-0.3, -0.25) is 9.59 Å². The second-order valence-electron chi connectivity index (χ2n) is 9.06. The molecule has 1 N–H and O–H groups in total. The third kappa shape index (κ3) is 8.23. The molecule has 0 aliphatic carbocycles. The Morgan fingerprint density at radius 1 is 0.972 bits per heavy atom. The van der Waals surface area contributed by atoms with Crippen LogP contribution in [-0.2, 0) is 22.6 Å². The van der Waals surface area contributed by atoms with E-state index in [0.29, 0.717) is 25.3 Å². The van der Waals surface area contributed by atoms with Crippen molar-refractivity contribution >= 4 is 27.7 Å². The molecule has 0 radical (unpaired) electrons. The Labute approximate surface area is 223 Å². The number of unbranched alkanes of at least 4 members (excludes halogenated alkanes) is 1. The van der Waals surface area contributed by atoms with E-state index in [4.69, 9.17) is 4.74 Å². The fourth-order valence-corrected chi connectivity index (χ4v) is 4.13. The second-order valence-corrected chi connectivity index (χ2v) is 9.91. The Bertz CT molecular complexity index is 1130. The molecule has 0 saturated carbocycles. The maximum Gasteiger partial charge on any atom is 0.261 e. The highest BCUT2D eigenvalue weighted by atomic mass is 79.9. The Kier molecular flexibility index (Phi) is 10.6. The summed E-state index contributed by atoms with van der Waals surface area (Å²) in [4.78, 5) is 28.7. The minimum Gasteiger partial charge on any atom is -0.484 e. The van der Waals surface area contributed by atoms with Crippen molar-refractivity contribution < 1.29 is 14.3 Å². The van der Waals surface area contributed by atoms with Gasteiger partial charge in [-0.15, -0.1) is 0 Å². The lowest BCUT2D eigenvalue weighted by Crippen LogP contribution is -2.51. The van der Waals surface area contributed by atoms with Gasteiger partial charge in [0.2, 0.25) is 5.91 Å². The number of carbonyl (C=O) groups excluding carboxylic acids is 2. The topological polar surface area (TPSA) is 58.6 Å². The summed E-state index contributed by atoms with van der Waals surface area (Å²) in [5.41, 5.74) is 4.13. The van der Waals surface area contributed by atoms with E-state index in [9.17, 15) is 9.59 Å². The summed E-state index contributed by atoms with van der Waals surface area (Å²) >= 11 is 3.49. The van der Waals surface area contributed by atoms with Gasteiger partial charge in [-0.25, -0.2) is 0 Å². The van der Waals surface area contributed by atoms with Gasteiger partial charge in [0.15, 0.2) is 6.61 Å². The number of nitrogens with zero attached hydrogens (tertiary/aromatic N) is 1. The maximum absolute atomic E-state index is 13.6. The van der Waals surface area contributed by atoms with Crippen molar-refractivity contribution in [3.05, 3.63) is 99.5 Å². The highest BCUT2D eigenvalue weighted by Crippen LogP contribution is 2.22. The smallest absolute Gasteiger partial charge is 0.261 e. The van der Waals surface area contributed by atoms with Crippen LogP contribution in [0.2, 0.25) is 0 Å². The Morgan fingerprint density at radius 2 is 1.69 bits per heavy atom. The number of rotatable bonds is 12. The molecule has 0 aliphatic rings. The molecule has 3 aromatic rings. The summed E-state index contributed by atoms with van der Waals surface area (Å²) < 4.78 is 6.86. The number of hydrogen-bond donors (Lipinski definition) is 1. The van der Waals surface area contributed by atoms with E-state index in [1.54, 1.807) is 4.90 Å². The average molecular weight is 552 g/mol. The van der Waals surface area contributed by atoms with Crippen LogP contribution in [0.1, 0.15) is 42.0 Å². The molecule has 6 heteroatoms. The van der Waals surface area contributed by atoms with E-state index >= 15 is 0 Å². The Hall–Kier alpha value is -3.12. The zero-order valence-electron chi connectivity index (χ0n) is 21.3. The summed E-state index contributed by atoms with van der Waals surface area (Å²) in [6.07, 6.45) is 2.30. The third-order valence-electron chi connectivity index (χ3n) is 6.07. The molecule has 0 aromatic heterocycles. The predicted molar refractivity (Wildman–Crippen MR) is 148 cm³/mol. The first kappa shape index (κ1) is 27.5. The summed E-state index contributed by atoms with van der Waals surface area (Å²) in [5, 5.41) is 3.04. The normalized spacial score (nSPS) is 11.6. The van der Waals surface area contributed by atoms with Crippen LogP contribution in [0.15, 0.2) is 77.3 Å². The highest BCUT2D eigenvalue weighted by Gasteiger charge is 2.30. The molecule has 190 valence electrons. The molecule has 0 spiro atoms. The van der Waals surface area contributed by atoms with E-state index in [0.717, 1.165) is 39.6 Å². The molecule has 3 aromatic carbocycles. The zero-order chi connectivity index (χ0) is 25.9. The van der Waals surface area contributed by atoms with Crippen LogP contribution < -0.4 is 10.1 Å². The molecule has 1 atom stereocenters. The number of halogens is 1. The first-order chi connectivity index (χ1) is 17.4. The van der Waals surface area contributed by atoms with Crippen molar-refractivity contribution in [3.63, 3.8) is 0 Å². The molecular weight excluding hydrogens is 516 g/mol. The molecular formula is C30H35BrN2O3. The number of ether oxygens (including phenoxy) is 1. The molecule has 0 saturated heterocycles. The molecule has 0 aliphatic heterocycles. The maximum atomic E-state index is 13.6. The van der Waals surface area contributed by atoms with Crippen molar-refractivity contribution in [2.75, 3.05) is 13.2 Å². The van der Waals surface area contributed by atoms with E-state index in [1.165, 1.54) is 0 Å². The summed E-state index contributed by atoms with van der Waals surface area (Å²) in [6, 6.07) is 22.8. The van der Waals surface area contributed by atoms with Gasteiger partial charge < -0.3 is 15.0 Å². The third-order valence-corrected chi connectivity index (χ3v) is 6.96. The summed E-state index contributed by atoms with van der Waals surface area (Å²) in [6.45, 7) is 6.84. The lowest BCUT2D eigenvalue weighted by Gasteiger charge is -2.31. The molecule has 2 amide bonds. The van der Waals surface area contributed by atoms with Crippen molar-refractivity contribution in [1.29, 1.82) is 0 Å². The molecule has 0 bridgehead atoms. The second kappa shape index (κ2) is 13.8. The number of carbonyl (C=O) groups is 2. The van der Waals surface area contributed by atoms with Crippen LogP contribution >= 0.6 is 15.9 Å². The predicted octanol–water partition coefficient (Wildman–Crippen LogP) is 6.00. The largest absolute Gasteiger partial charge is 0.484 e. The molecule has 0 unspecified atom stereocenters. The quantitative estimate of drug-likeness (QED) is 0.281. The van der Waals surface area contributed by atoms with E-state index in [-0.39, 0.29) is 18.4 Å². The molecule has 36 heavy (non-hydrogen) atoms. The average Bonchev–Trinajstić information content (AvgIpc) is 2.88. The number of benzene rings is 3. The van der Waals surface area contributed by atoms with Crippen molar-refractivity contribution in [3.8, 4) is 5.75 Å². The fourth-order valence-electron chi connectivity index (χ4n) is 3.89. The van der Waals surface area contributed by atoms with Gasteiger partial charge in [-0.2, -0.15) is 0 Å². The lowest BCUT2D eigenvalue weighted by molar-refractivity contribution is -0.142. The van der Waals surface area contributed by atoms with Crippen LogP contribution in [0.4, 0.5) is 0 Å². The van der Waals surface area contributed by atoms with E-state index in [2.05, 4.69) is 28.2 Å². The van der Waals surface area contributed by atoms with Crippen LogP contribution in [-0.4, -0.2) is 35.9 Å². The van der Waals surface area contributed by atoms with Gasteiger partial charge in [-0.05, 0) is 55.2 Å². The monoisotopic (exact) mass is 550 g/mol. The zero-order valence-corrected chi connectivity index (χ0v) is 22.9. The van der Waals surface area contributed by atoms with Crippen molar-refractivity contribution in [2.24, 2.45) is 0 Å². The molecule has 0 heterocycles. The first-order valence-electron chi connectivity index (χ1n) is 12.4. The number of hydrogen-bond acceptors (Lipinski definition) is 3. The molecule has 0 fully saturated rings. The first-order valence-corrected chi connectivity index (χ1v) is 13.2. The van der Waals surface area contributed by atoms with Crippen LogP contribution in [0.5, 0.6) is 5.75 Å².